The summed E-state index contributed by atoms with van der Waals surface area (Å²) < 4.78 is 1.70. The largest absolute Gasteiger partial charge is 0.241 e. The Hall–Kier alpha value is -1.89. The average molecular weight is 158 g/mol. The third-order valence-electron chi connectivity index (χ3n) is 1.81. The Kier molecular flexibility index (Phi) is 1.31. The standard InChI is InChI=1S/C8H6N4/c1-6-7(3-9)2-8-4-10-5-11-12(6)8/h2,4-5H,1H3. The van der Waals surface area contributed by atoms with Crippen molar-refractivity contribution in [1.29, 1.82) is 5.26 Å². The molecule has 0 bridgehead atoms. The molecular formula is C8H6N4. The van der Waals surface area contributed by atoms with E-state index >= 15 is 0 Å². The van der Waals surface area contributed by atoms with E-state index in [4.69, 9.17) is 5.26 Å². The van der Waals surface area contributed by atoms with Crippen LogP contribution in [0.4, 0.5) is 0 Å². The second-order valence-corrected chi connectivity index (χ2v) is 2.50. The molecule has 4 nitrogen and oxygen atoms in total. The first kappa shape index (κ1) is 6.80. The Morgan fingerprint density at radius 3 is 3.08 bits per heavy atom. The molecule has 0 atom stereocenters. The highest BCUT2D eigenvalue weighted by Crippen LogP contribution is 2.11. The van der Waals surface area contributed by atoms with Crippen molar-refractivity contribution < 1.29 is 0 Å². The zero-order chi connectivity index (χ0) is 8.55. The van der Waals surface area contributed by atoms with Crippen LogP contribution in [0.25, 0.3) is 5.52 Å². The van der Waals surface area contributed by atoms with Gasteiger partial charge in [-0.1, -0.05) is 0 Å². The van der Waals surface area contributed by atoms with Crippen LogP contribution in [0.1, 0.15) is 11.3 Å². The molecule has 4 heteroatoms. The van der Waals surface area contributed by atoms with Gasteiger partial charge >= 0.3 is 0 Å². The molecule has 0 saturated carbocycles. The van der Waals surface area contributed by atoms with E-state index in [9.17, 15) is 0 Å². The van der Waals surface area contributed by atoms with Gasteiger partial charge < -0.3 is 0 Å². The summed E-state index contributed by atoms with van der Waals surface area (Å²) >= 11 is 0. The van der Waals surface area contributed by atoms with Crippen LogP contribution >= 0.6 is 0 Å². The van der Waals surface area contributed by atoms with Gasteiger partial charge in [0.25, 0.3) is 0 Å². The summed E-state index contributed by atoms with van der Waals surface area (Å²) in [4.78, 5) is 3.86. The molecule has 0 aliphatic rings. The van der Waals surface area contributed by atoms with Gasteiger partial charge in [0.1, 0.15) is 12.4 Å². The third-order valence-corrected chi connectivity index (χ3v) is 1.81. The maximum atomic E-state index is 8.71. The monoisotopic (exact) mass is 158 g/mol. The van der Waals surface area contributed by atoms with Crippen LogP contribution in [0, 0.1) is 18.3 Å². The minimum Gasteiger partial charge on any atom is -0.241 e. The maximum absolute atomic E-state index is 8.71. The number of nitrogens with zero attached hydrogens (tertiary/aromatic N) is 4. The molecule has 0 amide bonds. The molecule has 12 heavy (non-hydrogen) atoms. The maximum Gasteiger partial charge on any atom is 0.136 e. The lowest BCUT2D eigenvalue weighted by atomic mass is 10.3. The highest BCUT2D eigenvalue weighted by molar-refractivity contribution is 5.54. The summed E-state index contributed by atoms with van der Waals surface area (Å²) in [5, 5.41) is 12.7. The van der Waals surface area contributed by atoms with E-state index in [1.807, 2.05) is 6.92 Å². The van der Waals surface area contributed by atoms with Gasteiger partial charge in [0.15, 0.2) is 0 Å². The predicted molar refractivity (Wildman–Crippen MR) is 42.4 cm³/mol. The molecule has 2 aromatic rings. The van der Waals surface area contributed by atoms with Crippen molar-refractivity contribution in [1.82, 2.24) is 14.6 Å². The molecule has 0 spiro atoms. The van der Waals surface area contributed by atoms with Gasteiger partial charge in [-0.15, -0.1) is 0 Å². The second kappa shape index (κ2) is 2.31. The fourth-order valence-corrected chi connectivity index (χ4v) is 1.17. The zero-order valence-electron chi connectivity index (χ0n) is 6.52. The number of nitriles is 1. The Bertz CT molecular complexity index is 463. The molecular weight excluding hydrogens is 152 g/mol. The summed E-state index contributed by atoms with van der Waals surface area (Å²) in [6, 6.07) is 3.87. The molecule has 0 N–H and O–H groups in total. The van der Waals surface area contributed by atoms with Gasteiger partial charge in [-0.05, 0) is 13.0 Å². The minimum atomic E-state index is 0.649. The van der Waals surface area contributed by atoms with E-state index in [-0.39, 0.29) is 0 Å². The van der Waals surface area contributed by atoms with Crippen LogP contribution in [0.15, 0.2) is 18.6 Å². The van der Waals surface area contributed by atoms with Crippen molar-refractivity contribution in [2.75, 3.05) is 0 Å². The smallest absolute Gasteiger partial charge is 0.136 e. The van der Waals surface area contributed by atoms with E-state index < -0.39 is 0 Å². The normalized spacial score (nSPS) is 10.0. The highest BCUT2D eigenvalue weighted by atomic mass is 15.2. The van der Waals surface area contributed by atoms with Crippen molar-refractivity contribution in [3.8, 4) is 6.07 Å². The predicted octanol–water partition coefficient (Wildman–Crippen LogP) is 0.909. The first-order chi connectivity index (χ1) is 5.83. The Morgan fingerprint density at radius 1 is 1.58 bits per heavy atom. The number of hydrogen-bond acceptors (Lipinski definition) is 3. The van der Waals surface area contributed by atoms with Gasteiger partial charge in [0, 0.05) is 0 Å². The first-order valence-corrected chi connectivity index (χ1v) is 3.51. The van der Waals surface area contributed by atoms with Crippen LogP contribution in [0.2, 0.25) is 0 Å². The second-order valence-electron chi connectivity index (χ2n) is 2.50. The van der Waals surface area contributed by atoms with Crippen molar-refractivity contribution in [3.63, 3.8) is 0 Å². The minimum absolute atomic E-state index is 0.649. The van der Waals surface area contributed by atoms with Gasteiger partial charge in [0.05, 0.1) is 23.0 Å². The quantitative estimate of drug-likeness (QED) is 0.572. The van der Waals surface area contributed by atoms with Crippen LogP contribution in [-0.2, 0) is 0 Å². The van der Waals surface area contributed by atoms with Crippen LogP contribution < -0.4 is 0 Å². The average Bonchev–Trinajstić information content (AvgIpc) is 2.44. The van der Waals surface area contributed by atoms with Gasteiger partial charge in [-0.25, -0.2) is 9.50 Å². The molecule has 58 valence electrons. The summed E-state index contributed by atoms with van der Waals surface area (Å²) in [6.45, 7) is 1.86. The van der Waals surface area contributed by atoms with E-state index in [0.717, 1.165) is 11.2 Å². The van der Waals surface area contributed by atoms with Crippen LogP contribution in [0.5, 0.6) is 0 Å². The molecule has 0 fully saturated rings. The molecule has 2 heterocycles. The Balaban J connectivity index is 2.90. The van der Waals surface area contributed by atoms with Crippen molar-refractivity contribution in [2.24, 2.45) is 0 Å². The van der Waals surface area contributed by atoms with Gasteiger partial charge in [-0.2, -0.15) is 10.4 Å². The summed E-state index contributed by atoms with van der Waals surface area (Å²) in [5.74, 6) is 0. The van der Waals surface area contributed by atoms with Gasteiger partial charge in [-0.3, -0.25) is 0 Å². The highest BCUT2D eigenvalue weighted by Gasteiger charge is 2.04. The molecule has 0 aliphatic carbocycles. The van der Waals surface area contributed by atoms with E-state index in [0.29, 0.717) is 5.56 Å². The van der Waals surface area contributed by atoms with Crippen LogP contribution in [-0.4, -0.2) is 14.6 Å². The molecule has 0 radical (unpaired) electrons. The summed E-state index contributed by atoms with van der Waals surface area (Å²) in [6.07, 6.45) is 3.14. The number of aromatic nitrogens is 3. The molecule has 0 aromatic carbocycles. The molecule has 0 unspecified atom stereocenters. The van der Waals surface area contributed by atoms with E-state index in [1.54, 1.807) is 16.8 Å². The number of rotatable bonds is 0. The van der Waals surface area contributed by atoms with E-state index in [2.05, 4.69) is 16.2 Å². The van der Waals surface area contributed by atoms with Crippen molar-refractivity contribution in [2.45, 2.75) is 6.92 Å². The Morgan fingerprint density at radius 2 is 2.42 bits per heavy atom. The summed E-state index contributed by atoms with van der Waals surface area (Å²) in [7, 11) is 0. The third kappa shape index (κ3) is 0.768. The summed E-state index contributed by atoms with van der Waals surface area (Å²) in [5.41, 5.74) is 2.36. The molecule has 0 saturated heterocycles. The molecule has 0 aliphatic heterocycles. The van der Waals surface area contributed by atoms with Crippen LogP contribution in [0.3, 0.4) is 0 Å². The number of aryl methyl sites for hydroxylation is 1. The van der Waals surface area contributed by atoms with Gasteiger partial charge in [0.2, 0.25) is 0 Å². The SMILES string of the molecule is Cc1c(C#N)cc2cncnn12. The lowest BCUT2D eigenvalue weighted by molar-refractivity contribution is 0.870. The Labute approximate surface area is 69.1 Å². The fourth-order valence-electron chi connectivity index (χ4n) is 1.17. The topological polar surface area (TPSA) is 54.0 Å². The lowest BCUT2D eigenvalue weighted by Gasteiger charge is -1.92. The fraction of sp³-hybridized carbons (Fsp3) is 0.125. The number of fused-ring (bicyclic) bond motifs is 1. The molecule has 2 aromatic heterocycles. The van der Waals surface area contributed by atoms with Crippen molar-refractivity contribution in [3.05, 3.63) is 29.8 Å². The first-order valence-electron chi connectivity index (χ1n) is 3.51. The molecule has 2 rings (SSSR count). The van der Waals surface area contributed by atoms with Crippen molar-refractivity contribution >= 4 is 5.52 Å². The zero-order valence-corrected chi connectivity index (χ0v) is 6.52. The lowest BCUT2D eigenvalue weighted by Crippen LogP contribution is -1.93. The van der Waals surface area contributed by atoms with E-state index in [1.165, 1.54) is 6.33 Å². The number of hydrogen-bond donors (Lipinski definition) is 0.